The van der Waals surface area contributed by atoms with E-state index in [4.69, 9.17) is 0 Å². The second-order valence-corrected chi connectivity index (χ2v) is 10.4. The maximum atomic E-state index is 13.6. The zero-order chi connectivity index (χ0) is 26.7. The van der Waals surface area contributed by atoms with Crippen LogP contribution in [0.4, 0.5) is 0 Å². The van der Waals surface area contributed by atoms with Gasteiger partial charge in [0, 0.05) is 29.3 Å². The highest BCUT2D eigenvalue weighted by Crippen LogP contribution is 2.33. The lowest BCUT2D eigenvalue weighted by molar-refractivity contribution is 0.0600. The van der Waals surface area contributed by atoms with Gasteiger partial charge >= 0.3 is 5.97 Å². The monoisotopic (exact) mass is 524 g/mol. The molecule has 1 N–H and O–H groups in total. The standard InChI is InChI=1S/C30H24N2O5S/c1-37-30(34)24-13-11-21(12-14-24)19-31-29(33)23-15-17-25(18-16-23)38(35,36)32-20-27(22-7-3-2-4-8-22)26-9-5-6-10-28(26)32/h2-18,20H,19H2,1H3,(H,31,33). The number of benzene rings is 4. The fourth-order valence-electron chi connectivity index (χ4n) is 4.25. The number of nitrogens with one attached hydrogen (secondary N) is 1. The summed E-state index contributed by atoms with van der Waals surface area (Å²) in [4.78, 5) is 24.3. The van der Waals surface area contributed by atoms with Crippen molar-refractivity contribution in [2.24, 2.45) is 0 Å². The molecule has 0 saturated heterocycles. The lowest BCUT2D eigenvalue weighted by Gasteiger charge is -2.09. The number of para-hydroxylation sites is 1. The molecular formula is C30H24N2O5S. The average molecular weight is 525 g/mol. The zero-order valence-corrected chi connectivity index (χ0v) is 21.3. The molecule has 0 spiro atoms. The maximum Gasteiger partial charge on any atom is 0.337 e. The van der Waals surface area contributed by atoms with Gasteiger partial charge in [-0.15, -0.1) is 0 Å². The van der Waals surface area contributed by atoms with Crippen LogP contribution in [0.1, 0.15) is 26.3 Å². The molecule has 7 nitrogen and oxygen atoms in total. The summed E-state index contributed by atoms with van der Waals surface area (Å²) in [6, 6.07) is 29.6. The van der Waals surface area contributed by atoms with Gasteiger partial charge in [-0.25, -0.2) is 17.2 Å². The minimum atomic E-state index is -3.92. The largest absolute Gasteiger partial charge is 0.465 e. The quantitative estimate of drug-likeness (QED) is 0.293. The summed E-state index contributed by atoms with van der Waals surface area (Å²) in [6.07, 6.45) is 1.64. The van der Waals surface area contributed by atoms with Gasteiger partial charge < -0.3 is 10.1 Å². The molecule has 0 saturated carbocycles. The molecule has 5 aromatic rings. The lowest BCUT2D eigenvalue weighted by Crippen LogP contribution is -2.23. The van der Waals surface area contributed by atoms with E-state index in [0.29, 0.717) is 16.6 Å². The van der Waals surface area contributed by atoms with Gasteiger partial charge in [0.25, 0.3) is 15.9 Å². The van der Waals surface area contributed by atoms with Crippen molar-refractivity contribution < 1.29 is 22.7 Å². The summed E-state index contributed by atoms with van der Waals surface area (Å²) in [5.74, 6) is -0.774. The molecular weight excluding hydrogens is 500 g/mol. The SMILES string of the molecule is COC(=O)c1ccc(CNC(=O)c2ccc(S(=O)(=O)n3cc(-c4ccccc4)c4ccccc43)cc2)cc1. The van der Waals surface area contributed by atoms with Gasteiger partial charge in [0.1, 0.15) is 0 Å². The van der Waals surface area contributed by atoms with E-state index in [1.54, 1.807) is 42.6 Å². The first-order valence-electron chi connectivity index (χ1n) is 11.8. The molecule has 1 aromatic heterocycles. The number of hydrogen-bond donors (Lipinski definition) is 1. The van der Waals surface area contributed by atoms with E-state index >= 15 is 0 Å². The Morgan fingerprint density at radius 2 is 1.42 bits per heavy atom. The molecule has 8 heteroatoms. The van der Waals surface area contributed by atoms with Crippen molar-refractivity contribution in [1.82, 2.24) is 9.29 Å². The van der Waals surface area contributed by atoms with Crippen LogP contribution in [-0.4, -0.2) is 31.4 Å². The van der Waals surface area contributed by atoms with Crippen molar-refractivity contribution in [3.05, 3.63) is 126 Å². The number of rotatable bonds is 7. The second-order valence-electron chi connectivity index (χ2n) is 8.62. The minimum Gasteiger partial charge on any atom is -0.465 e. The number of nitrogens with zero attached hydrogens (tertiary/aromatic N) is 1. The van der Waals surface area contributed by atoms with Gasteiger partial charge in [-0.05, 0) is 53.6 Å². The van der Waals surface area contributed by atoms with Gasteiger partial charge in [-0.3, -0.25) is 4.79 Å². The summed E-state index contributed by atoms with van der Waals surface area (Å²) < 4.78 is 33.2. The predicted octanol–water partition coefficient (Wildman–Crippen LogP) is 5.26. The second kappa shape index (κ2) is 10.4. The molecule has 0 aliphatic heterocycles. The van der Waals surface area contributed by atoms with Crippen molar-refractivity contribution in [2.45, 2.75) is 11.4 Å². The lowest BCUT2D eigenvalue weighted by atomic mass is 10.1. The van der Waals surface area contributed by atoms with E-state index in [1.165, 1.54) is 35.3 Å². The first kappa shape index (κ1) is 25.0. The van der Waals surface area contributed by atoms with Crippen molar-refractivity contribution in [1.29, 1.82) is 0 Å². The van der Waals surface area contributed by atoms with Crippen LogP contribution < -0.4 is 5.32 Å². The summed E-state index contributed by atoms with van der Waals surface area (Å²) in [5.41, 5.74) is 3.87. The van der Waals surface area contributed by atoms with Crippen LogP contribution >= 0.6 is 0 Å². The van der Waals surface area contributed by atoms with E-state index in [0.717, 1.165) is 22.1 Å². The van der Waals surface area contributed by atoms with Gasteiger partial charge in [0.15, 0.2) is 0 Å². The molecule has 0 aliphatic carbocycles. The van der Waals surface area contributed by atoms with Crippen molar-refractivity contribution in [2.75, 3.05) is 7.11 Å². The number of fused-ring (bicyclic) bond motifs is 1. The summed E-state index contributed by atoms with van der Waals surface area (Å²) >= 11 is 0. The molecule has 4 aromatic carbocycles. The Hall–Kier alpha value is -4.69. The van der Waals surface area contributed by atoms with Crippen LogP contribution in [-0.2, 0) is 21.3 Å². The van der Waals surface area contributed by atoms with Crippen molar-refractivity contribution >= 4 is 32.8 Å². The van der Waals surface area contributed by atoms with Crippen LogP contribution in [0, 0.1) is 0 Å². The van der Waals surface area contributed by atoms with Gasteiger partial charge in [0.05, 0.1) is 23.1 Å². The molecule has 1 amide bonds. The molecule has 1 heterocycles. The van der Waals surface area contributed by atoms with Crippen molar-refractivity contribution in [3.63, 3.8) is 0 Å². The fraction of sp³-hybridized carbons (Fsp3) is 0.0667. The van der Waals surface area contributed by atoms with Crippen LogP contribution in [0.25, 0.3) is 22.0 Å². The number of hydrogen-bond acceptors (Lipinski definition) is 5. The van der Waals surface area contributed by atoms with Gasteiger partial charge in [-0.2, -0.15) is 0 Å². The normalized spacial score (nSPS) is 11.3. The minimum absolute atomic E-state index is 0.0767. The first-order valence-corrected chi connectivity index (χ1v) is 13.3. The zero-order valence-electron chi connectivity index (χ0n) is 20.5. The van der Waals surface area contributed by atoms with Crippen LogP contribution in [0.3, 0.4) is 0 Å². The summed E-state index contributed by atoms with van der Waals surface area (Å²) in [5, 5.41) is 3.64. The van der Waals surface area contributed by atoms with Crippen LogP contribution in [0.15, 0.2) is 114 Å². The number of amides is 1. The molecule has 0 fully saturated rings. The third-order valence-electron chi connectivity index (χ3n) is 6.26. The molecule has 0 unspecified atom stereocenters. The van der Waals surface area contributed by atoms with Gasteiger partial charge in [0.2, 0.25) is 0 Å². The first-order chi connectivity index (χ1) is 18.4. The Morgan fingerprint density at radius 1 is 0.789 bits per heavy atom. The number of carbonyl (C=O) groups is 2. The highest BCUT2D eigenvalue weighted by atomic mass is 32.2. The van der Waals surface area contributed by atoms with Crippen molar-refractivity contribution in [3.8, 4) is 11.1 Å². The number of esters is 1. The summed E-state index contributed by atoms with van der Waals surface area (Å²) in [6.45, 7) is 0.248. The topological polar surface area (TPSA) is 94.5 Å². The number of ether oxygens (including phenoxy) is 1. The van der Waals surface area contributed by atoms with E-state index in [2.05, 4.69) is 10.1 Å². The fourth-order valence-corrected chi connectivity index (χ4v) is 5.62. The predicted molar refractivity (Wildman–Crippen MR) is 145 cm³/mol. The van der Waals surface area contributed by atoms with E-state index in [9.17, 15) is 18.0 Å². The number of carbonyl (C=O) groups excluding carboxylic acids is 2. The number of methoxy groups -OCH3 is 1. The highest BCUT2D eigenvalue weighted by Gasteiger charge is 2.22. The Morgan fingerprint density at radius 3 is 2.11 bits per heavy atom. The average Bonchev–Trinajstić information content (AvgIpc) is 3.37. The third-order valence-corrected chi connectivity index (χ3v) is 7.95. The van der Waals surface area contributed by atoms with E-state index in [1.807, 2.05) is 42.5 Å². The summed E-state index contributed by atoms with van der Waals surface area (Å²) in [7, 11) is -2.60. The molecule has 190 valence electrons. The Bertz CT molecular complexity index is 1720. The third kappa shape index (κ3) is 4.81. The molecule has 0 aliphatic rings. The van der Waals surface area contributed by atoms with Gasteiger partial charge in [-0.1, -0.05) is 60.7 Å². The molecule has 38 heavy (non-hydrogen) atoms. The Kier molecular flexibility index (Phi) is 6.81. The molecule has 0 bridgehead atoms. The molecule has 0 radical (unpaired) electrons. The number of aromatic nitrogens is 1. The van der Waals surface area contributed by atoms with Crippen LogP contribution in [0.2, 0.25) is 0 Å². The highest BCUT2D eigenvalue weighted by molar-refractivity contribution is 7.90. The van der Waals surface area contributed by atoms with Crippen LogP contribution in [0.5, 0.6) is 0 Å². The molecule has 0 atom stereocenters. The Balaban J connectivity index is 1.36. The Labute approximate surface area is 220 Å². The smallest absolute Gasteiger partial charge is 0.337 e. The maximum absolute atomic E-state index is 13.6. The molecule has 5 rings (SSSR count). The van der Waals surface area contributed by atoms with E-state index in [-0.39, 0.29) is 17.3 Å². The van der Waals surface area contributed by atoms with E-state index < -0.39 is 16.0 Å².